The van der Waals surface area contributed by atoms with Gasteiger partial charge in [-0.1, -0.05) is 57.9 Å². The summed E-state index contributed by atoms with van der Waals surface area (Å²) in [6, 6.07) is 6.91. The van der Waals surface area contributed by atoms with E-state index in [0.717, 1.165) is 30.2 Å². The molecule has 0 unspecified atom stereocenters. The molecule has 1 saturated carbocycles. The van der Waals surface area contributed by atoms with Gasteiger partial charge >= 0.3 is 0 Å². The van der Waals surface area contributed by atoms with Crippen LogP contribution < -0.4 is 0 Å². The van der Waals surface area contributed by atoms with Gasteiger partial charge in [-0.2, -0.15) is 5.26 Å². The van der Waals surface area contributed by atoms with Gasteiger partial charge in [-0.15, -0.1) is 0 Å². The number of hydrogen-bond donors (Lipinski definition) is 0. The van der Waals surface area contributed by atoms with Gasteiger partial charge in [0.1, 0.15) is 11.9 Å². The highest BCUT2D eigenvalue weighted by atomic mass is 19.1. The Morgan fingerprint density at radius 1 is 1.14 bits per heavy atom. The van der Waals surface area contributed by atoms with Crippen molar-refractivity contribution in [2.24, 2.45) is 11.8 Å². The molecule has 2 rings (SSSR count). The van der Waals surface area contributed by atoms with Crippen molar-refractivity contribution in [3.63, 3.8) is 0 Å². The molecule has 0 heterocycles. The van der Waals surface area contributed by atoms with Crippen LogP contribution in [0.4, 0.5) is 4.39 Å². The quantitative estimate of drug-likeness (QED) is 0.665. The molecule has 0 N–H and O–H groups in total. The van der Waals surface area contributed by atoms with Gasteiger partial charge in [-0.3, -0.25) is 0 Å². The Morgan fingerprint density at radius 2 is 1.81 bits per heavy atom. The van der Waals surface area contributed by atoms with Gasteiger partial charge in [0, 0.05) is 0 Å². The fraction of sp³-hybridized carbons (Fsp3) is 0.632. The van der Waals surface area contributed by atoms with E-state index in [1.54, 1.807) is 6.07 Å². The summed E-state index contributed by atoms with van der Waals surface area (Å²) in [5.74, 6) is 1.38. The molecule has 21 heavy (non-hydrogen) atoms. The van der Waals surface area contributed by atoms with E-state index >= 15 is 0 Å². The van der Waals surface area contributed by atoms with Crippen molar-refractivity contribution in [3.8, 4) is 6.07 Å². The molecule has 0 saturated heterocycles. The Hall–Kier alpha value is -1.36. The average Bonchev–Trinajstić information content (AvgIpc) is 2.52. The van der Waals surface area contributed by atoms with Crippen LogP contribution in [0.25, 0.3) is 0 Å². The van der Waals surface area contributed by atoms with Crippen LogP contribution in [0.1, 0.15) is 69.4 Å². The highest BCUT2D eigenvalue weighted by molar-refractivity contribution is 5.33. The molecule has 0 bridgehead atoms. The molecule has 114 valence electrons. The summed E-state index contributed by atoms with van der Waals surface area (Å²) < 4.78 is 13.6. The summed E-state index contributed by atoms with van der Waals surface area (Å²) in [6.45, 7) is 2.27. The van der Waals surface area contributed by atoms with Gasteiger partial charge in [0.2, 0.25) is 0 Å². The van der Waals surface area contributed by atoms with Crippen molar-refractivity contribution >= 4 is 0 Å². The van der Waals surface area contributed by atoms with Crippen molar-refractivity contribution in [2.45, 2.75) is 64.7 Å². The standard InChI is InChI=1S/C19H26FN/c1-2-3-4-15-5-7-16(8-6-15)9-10-17-11-12-18(14-21)19(20)13-17/h11-13,15-16H,2-10H2,1H3/t15-,16-. The van der Waals surface area contributed by atoms with Crippen molar-refractivity contribution in [1.82, 2.24) is 0 Å². The Bertz CT molecular complexity index is 481. The molecule has 0 amide bonds. The lowest BCUT2D eigenvalue weighted by Crippen LogP contribution is -2.15. The lowest BCUT2D eigenvalue weighted by Gasteiger charge is -2.28. The first-order valence-corrected chi connectivity index (χ1v) is 8.41. The third-order valence-electron chi connectivity index (χ3n) is 4.93. The van der Waals surface area contributed by atoms with Gasteiger partial charge in [0.15, 0.2) is 0 Å². The molecule has 1 aromatic carbocycles. The normalized spacial score (nSPS) is 22.0. The zero-order chi connectivity index (χ0) is 15.1. The maximum atomic E-state index is 13.6. The third kappa shape index (κ3) is 4.84. The maximum absolute atomic E-state index is 13.6. The second kappa shape index (κ2) is 8.17. The molecule has 1 nitrogen and oxygen atoms in total. The molecule has 1 aromatic rings. The Kier molecular flexibility index (Phi) is 6.23. The highest BCUT2D eigenvalue weighted by Crippen LogP contribution is 2.34. The second-order valence-corrected chi connectivity index (χ2v) is 6.49. The average molecular weight is 287 g/mol. The summed E-state index contributed by atoms with van der Waals surface area (Å²) >= 11 is 0. The van der Waals surface area contributed by atoms with E-state index < -0.39 is 0 Å². The maximum Gasteiger partial charge on any atom is 0.141 e. The summed E-state index contributed by atoms with van der Waals surface area (Å²) in [6.07, 6.45) is 11.6. The van der Waals surface area contributed by atoms with Gasteiger partial charge in [-0.25, -0.2) is 4.39 Å². The second-order valence-electron chi connectivity index (χ2n) is 6.49. The fourth-order valence-electron chi connectivity index (χ4n) is 3.48. The van der Waals surface area contributed by atoms with Crippen molar-refractivity contribution < 1.29 is 4.39 Å². The molecule has 0 aliphatic heterocycles. The Morgan fingerprint density at radius 3 is 2.38 bits per heavy atom. The number of hydrogen-bond acceptors (Lipinski definition) is 1. The van der Waals surface area contributed by atoms with Gasteiger partial charge < -0.3 is 0 Å². The SMILES string of the molecule is CCCC[C@H]1CC[C@H](CCc2ccc(C#N)c(F)c2)CC1. The van der Waals surface area contributed by atoms with Crippen LogP contribution >= 0.6 is 0 Å². The van der Waals surface area contributed by atoms with Crippen LogP contribution in [-0.4, -0.2) is 0 Å². The fourth-order valence-corrected chi connectivity index (χ4v) is 3.48. The molecule has 0 atom stereocenters. The monoisotopic (exact) mass is 287 g/mol. The lowest BCUT2D eigenvalue weighted by atomic mass is 9.78. The van der Waals surface area contributed by atoms with E-state index in [1.807, 2.05) is 12.1 Å². The van der Waals surface area contributed by atoms with Crippen LogP contribution in [0.5, 0.6) is 0 Å². The summed E-state index contributed by atoms with van der Waals surface area (Å²) in [5, 5.41) is 8.74. The molecular weight excluding hydrogens is 261 g/mol. The number of nitrogens with zero attached hydrogens (tertiary/aromatic N) is 1. The minimum Gasteiger partial charge on any atom is -0.206 e. The molecule has 1 aliphatic rings. The summed E-state index contributed by atoms with van der Waals surface area (Å²) in [5.41, 5.74) is 1.18. The number of rotatable bonds is 6. The number of unbranched alkanes of at least 4 members (excludes halogenated alkanes) is 1. The minimum atomic E-state index is -0.377. The van der Waals surface area contributed by atoms with E-state index in [9.17, 15) is 4.39 Å². The largest absolute Gasteiger partial charge is 0.206 e. The first-order valence-electron chi connectivity index (χ1n) is 8.41. The van der Waals surface area contributed by atoms with E-state index in [0.29, 0.717) is 0 Å². The zero-order valence-corrected chi connectivity index (χ0v) is 13.1. The van der Waals surface area contributed by atoms with Gasteiger partial charge in [0.05, 0.1) is 5.56 Å². The number of halogens is 1. The number of nitriles is 1. The van der Waals surface area contributed by atoms with E-state index in [-0.39, 0.29) is 11.4 Å². The topological polar surface area (TPSA) is 23.8 Å². The number of aryl methyl sites for hydroxylation is 1. The Balaban J connectivity index is 1.75. The molecule has 1 fully saturated rings. The first kappa shape index (κ1) is 16.0. The first-order chi connectivity index (χ1) is 10.2. The molecule has 2 heteroatoms. The molecular formula is C19H26FN. The van der Waals surface area contributed by atoms with Crippen LogP contribution in [-0.2, 0) is 6.42 Å². The molecule has 0 radical (unpaired) electrons. The number of benzene rings is 1. The smallest absolute Gasteiger partial charge is 0.141 e. The zero-order valence-electron chi connectivity index (χ0n) is 13.1. The summed E-state index contributed by atoms with van der Waals surface area (Å²) in [7, 11) is 0. The van der Waals surface area contributed by atoms with Crippen LogP contribution in [0, 0.1) is 29.0 Å². The van der Waals surface area contributed by atoms with E-state index in [4.69, 9.17) is 5.26 Å². The van der Waals surface area contributed by atoms with Crippen molar-refractivity contribution in [1.29, 1.82) is 5.26 Å². The molecule has 0 spiro atoms. The van der Waals surface area contributed by atoms with Gasteiger partial charge in [0.25, 0.3) is 0 Å². The Labute approximate surface area is 128 Å². The van der Waals surface area contributed by atoms with E-state index in [2.05, 4.69) is 6.92 Å². The minimum absolute atomic E-state index is 0.148. The predicted molar refractivity (Wildman–Crippen MR) is 84.4 cm³/mol. The van der Waals surface area contributed by atoms with Crippen molar-refractivity contribution in [2.75, 3.05) is 0 Å². The third-order valence-corrected chi connectivity index (χ3v) is 4.93. The van der Waals surface area contributed by atoms with Crippen LogP contribution in [0.3, 0.4) is 0 Å². The van der Waals surface area contributed by atoms with Crippen molar-refractivity contribution in [3.05, 3.63) is 35.1 Å². The lowest BCUT2D eigenvalue weighted by molar-refractivity contribution is 0.250. The van der Waals surface area contributed by atoms with Gasteiger partial charge in [-0.05, 0) is 42.4 Å². The summed E-state index contributed by atoms with van der Waals surface area (Å²) in [4.78, 5) is 0. The van der Waals surface area contributed by atoms with E-state index in [1.165, 1.54) is 51.0 Å². The van der Waals surface area contributed by atoms with Crippen LogP contribution in [0.15, 0.2) is 18.2 Å². The molecule has 1 aliphatic carbocycles. The highest BCUT2D eigenvalue weighted by Gasteiger charge is 2.20. The molecule has 0 aromatic heterocycles. The van der Waals surface area contributed by atoms with Crippen LogP contribution in [0.2, 0.25) is 0 Å². The predicted octanol–water partition coefficient (Wildman–Crippen LogP) is 5.63.